The van der Waals surface area contributed by atoms with Crippen LogP contribution in [0.5, 0.6) is 0 Å². The summed E-state index contributed by atoms with van der Waals surface area (Å²) in [4.78, 5) is 12.6. The predicted octanol–water partition coefficient (Wildman–Crippen LogP) is 5.84. The van der Waals surface area contributed by atoms with E-state index < -0.39 is 26.2 Å². The molecule has 0 saturated heterocycles. The molecule has 5 nitrogen and oxygen atoms in total. The van der Waals surface area contributed by atoms with Gasteiger partial charge in [-0.1, -0.05) is 11.6 Å². The fourth-order valence-corrected chi connectivity index (χ4v) is 6.98. The van der Waals surface area contributed by atoms with E-state index in [9.17, 15) is 22.0 Å². The molecule has 1 N–H and O–H groups in total. The number of aliphatic hydroxyl groups excluding tert-OH is 1. The third-order valence-electron chi connectivity index (χ3n) is 6.54. The van der Waals surface area contributed by atoms with Crippen LogP contribution in [0.3, 0.4) is 0 Å². The van der Waals surface area contributed by atoms with Crippen LogP contribution in [0.15, 0.2) is 63.9 Å². The van der Waals surface area contributed by atoms with E-state index >= 15 is 0 Å². The first-order chi connectivity index (χ1) is 16.2. The summed E-state index contributed by atoms with van der Waals surface area (Å²) in [5.41, 5.74) is -0.203. The van der Waals surface area contributed by atoms with E-state index in [0.717, 1.165) is 18.2 Å². The second kappa shape index (κ2) is 9.60. The van der Waals surface area contributed by atoms with Crippen LogP contribution in [0.4, 0.5) is 8.78 Å². The van der Waals surface area contributed by atoms with Gasteiger partial charge in [0, 0.05) is 17.0 Å². The van der Waals surface area contributed by atoms with E-state index in [1.807, 2.05) is 0 Å². The molecule has 1 aromatic heterocycles. The molecule has 0 atom stereocenters. The lowest BCUT2D eigenvalue weighted by atomic mass is 9.76. The molecule has 9 heteroatoms. The number of furan rings is 1. The minimum Gasteiger partial charge on any atom is -0.456 e. The summed E-state index contributed by atoms with van der Waals surface area (Å²) in [6.07, 6.45) is 0.817. The summed E-state index contributed by atoms with van der Waals surface area (Å²) in [5, 5.41) is 9.48. The number of carbonyl (C=O) groups is 1. The third-order valence-corrected chi connectivity index (χ3v) is 9.34. The van der Waals surface area contributed by atoms with E-state index in [2.05, 4.69) is 0 Å². The summed E-state index contributed by atoms with van der Waals surface area (Å²) >= 11 is 5.92. The van der Waals surface area contributed by atoms with Gasteiger partial charge in [-0.05, 0) is 86.2 Å². The zero-order chi connectivity index (χ0) is 24.5. The maximum absolute atomic E-state index is 14.9. The van der Waals surface area contributed by atoms with Crippen LogP contribution in [0.25, 0.3) is 0 Å². The van der Waals surface area contributed by atoms with Crippen LogP contribution in [0.1, 0.15) is 54.0 Å². The minimum atomic E-state index is -4.13. The smallest absolute Gasteiger partial charge is 0.198 e. The molecule has 1 saturated carbocycles. The Kier molecular flexibility index (Phi) is 6.94. The number of aliphatic hydroxyl groups is 1. The van der Waals surface area contributed by atoms with Crippen molar-refractivity contribution in [3.05, 3.63) is 88.3 Å². The topological polar surface area (TPSA) is 84.6 Å². The Labute approximate surface area is 201 Å². The largest absolute Gasteiger partial charge is 0.456 e. The van der Waals surface area contributed by atoms with E-state index in [1.54, 1.807) is 0 Å². The van der Waals surface area contributed by atoms with Gasteiger partial charge in [-0.2, -0.15) is 0 Å². The van der Waals surface area contributed by atoms with Gasteiger partial charge >= 0.3 is 0 Å². The van der Waals surface area contributed by atoms with Gasteiger partial charge in [-0.3, -0.25) is 4.79 Å². The first-order valence-electron chi connectivity index (χ1n) is 10.8. The van der Waals surface area contributed by atoms with Gasteiger partial charge in [0.2, 0.25) is 0 Å². The molecule has 1 aliphatic rings. The number of halogens is 3. The fraction of sp³-hybridized carbons (Fsp3) is 0.320. The van der Waals surface area contributed by atoms with Gasteiger partial charge in [0.15, 0.2) is 21.4 Å². The van der Waals surface area contributed by atoms with Gasteiger partial charge in [-0.25, -0.2) is 17.2 Å². The van der Waals surface area contributed by atoms with Crippen molar-refractivity contribution in [2.75, 3.05) is 0 Å². The Morgan fingerprint density at radius 2 is 1.74 bits per heavy atom. The Morgan fingerprint density at radius 1 is 1.06 bits per heavy atom. The zero-order valence-corrected chi connectivity index (χ0v) is 19.7. The molecule has 2 aromatic carbocycles. The first kappa shape index (κ1) is 24.6. The number of carbonyl (C=O) groups excluding carboxylic acids is 1. The van der Waals surface area contributed by atoms with Crippen LogP contribution in [0, 0.1) is 17.6 Å². The van der Waals surface area contributed by atoms with Crippen molar-refractivity contribution in [1.82, 2.24) is 0 Å². The molecule has 180 valence electrons. The molecule has 1 aliphatic carbocycles. The van der Waals surface area contributed by atoms with Crippen LogP contribution < -0.4 is 0 Å². The molecule has 0 radical (unpaired) electrons. The molecule has 1 heterocycles. The van der Waals surface area contributed by atoms with Crippen LogP contribution in [-0.4, -0.2) is 19.3 Å². The third kappa shape index (κ3) is 4.54. The number of sulfone groups is 1. The number of Topliss-reactive ketones (excluding diaryl/α,β-unsaturated/α-hetero) is 1. The Morgan fingerprint density at radius 3 is 2.35 bits per heavy atom. The average Bonchev–Trinajstić information content (AvgIpc) is 3.31. The first-order valence-corrected chi connectivity index (χ1v) is 12.7. The quantitative estimate of drug-likeness (QED) is 0.405. The molecular weight excluding hydrogens is 486 g/mol. The second-order valence-corrected chi connectivity index (χ2v) is 11.3. The van der Waals surface area contributed by atoms with Crippen molar-refractivity contribution in [3.8, 4) is 0 Å². The van der Waals surface area contributed by atoms with Gasteiger partial charge < -0.3 is 9.52 Å². The maximum atomic E-state index is 14.9. The van der Waals surface area contributed by atoms with Crippen molar-refractivity contribution in [2.24, 2.45) is 5.92 Å². The number of benzene rings is 2. The Balaban J connectivity index is 1.65. The molecular formula is C25H23ClF2O5S. The van der Waals surface area contributed by atoms with Gasteiger partial charge in [0.05, 0.1) is 4.90 Å². The summed E-state index contributed by atoms with van der Waals surface area (Å²) in [5.74, 6) is -1.51. The highest BCUT2D eigenvalue weighted by atomic mass is 35.5. The lowest BCUT2D eigenvalue weighted by Gasteiger charge is -2.40. The predicted molar refractivity (Wildman–Crippen MR) is 122 cm³/mol. The molecule has 0 amide bonds. The van der Waals surface area contributed by atoms with Crippen molar-refractivity contribution in [1.29, 1.82) is 0 Å². The monoisotopic (exact) mass is 508 g/mol. The highest BCUT2D eigenvalue weighted by Gasteiger charge is 2.50. The highest BCUT2D eigenvalue weighted by molar-refractivity contribution is 7.92. The highest BCUT2D eigenvalue weighted by Crippen LogP contribution is 2.50. The van der Waals surface area contributed by atoms with Crippen molar-refractivity contribution in [2.45, 2.75) is 48.4 Å². The fourth-order valence-electron chi connectivity index (χ4n) is 4.69. The van der Waals surface area contributed by atoms with E-state index in [-0.39, 0.29) is 59.5 Å². The zero-order valence-electron chi connectivity index (χ0n) is 18.1. The second-order valence-electron chi connectivity index (χ2n) is 8.57. The number of ketones is 1. The van der Waals surface area contributed by atoms with Crippen LogP contribution >= 0.6 is 11.6 Å². The molecule has 1 fully saturated rings. The standard InChI is InChI=1S/C25H23ClF2O5S/c26-17-1-5-20(6-2-17)34(31,32)25(21-14-18(27)3-7-22(21)28)11-9-16(10-12-25)13-23(30)24-8-4-19(15-29)33-24/h1-8,14,16,29H,9-13,15H2. The van der Waals surface area contributed by atoms with Crippen molar-refractivity contribution in [3.63, 3.8) is 0 Å². The van der Waals surface area contributed by atoms with Crippen molar-refractivity contribution < 1.29 is 31.5 Å². The molecule has 0 bridgehead atoms. The number of rotatable bonds is 7. The molecule has 3 aromatic rings. The maximum Gasteiger partial charge on any atom is 0.198 e. The van der Waals surface area contributed by atoms with Crippen LogP contribution in [-0.2, 0) is 21.2 Å². The number of hydrogen-bond donors (Lipinski definition) is 1. The molecule has 0 aliphatic heterocycles. The number of hydrogen-bond acceptors (Lipinski definition) is 5. The van der Waals surface area contributed by atoms with E-state index in [0.29, 0.717) is 17.9 Å². The molecule has 4 rings (SSSR count). The minimum absolute atomic E-state index is 0.0241. The van der Waals surface area contributed by atoms with Gasteiger partial charge in [0.25, 0.3) is 0 Å². The summed E-state index contributed by atoms with van der Waals surface area (Å²) in [6, 6.07) is 11.5. The Bertz CT molecular complexity index is 1290. The molecule has 34 heavy (non-hydrogen) atoms. The molecule has 0 spiro atoms. The molecule has 0 unspecified atom stereocenters. The van der Waals surface area contributed by atoms with E-state index in [4.69, 9.17) is 21.1 Å². The van der Waals surface area contributed by atoms with Gasteiger partial charge in [-0.15, -0.1) is 0 Å². The van der Waals surface area contributed by atoms with Gasteiger partial charge in [0.1, 0.15) is 28.7 Å². The Hall–Kier alpha value is -2.55. The lowest BCUT2D eigenvalue weighted by Crippen LogP contribution is -2.41. The normalized spacial score (nSPS) is 20.9. The average molecular weight is 509 g/mol. The van der Waals surface area contributed by atoms with Crippen LogP contribution in [0.2, 0.25) is 5.02 Å². The SMILES string of the molecule is O=C(CC1CCC(c2cc(F)ccc2F)(S(=O)(=O)c2ccc(Cl)cc2)CC1)c1ccc(CO)o1. The summed E-state index contributed by atoms with van der Waals surface area (Å²) in [7, 11) is -4.13. The summed E-state index contributed by atoms with van der Waals surface area (Å²) < 4.78 is 60.4. The van der Waals surface area contributed by atoms with Crippen molar-refractivity contribution >= 4 is 27.2 Å². The summed E-state index contributed by atoms with van der Waals surface area (Å²) in [6.45, 7) is -0.318. The van der Waals surface area contributed by atoms with E-state index in [1.165, 1.54) is 36.4 Å². The lowest BCUT2D eigenvalue weighted by molar-refractivity contribution is 0.0913.